The number of anilines is 2. The number of halogens is 1. The van der Waals surface area contributed by atoms with Gasteiger partial charge in [0.25, 0.3) is 5.91 Å². The molecular weight excluding hydrogens is 340 g/mol. The van der Waals surface area contributed by atoms with E-state index >= 15 is 0 Å². The number of nitrogens with zero attached hydrogens (tertiary/aromatic N) is 4. The first kappa shape index (κ1) is 15.2. The highest BCUT2D eigenvalue weighted by Gasteiger charge is 2.19. The van der Waals surface area contributed by atoms with Crippen molar-refractivity contribution >= 4 is 34.7 Å². The molecule has 0 fully saturated rings. The zero-order chi connectivity index (χ0) is 17.4. The molecule has 0 bridgehead atoms. The molecule has 4 rings (SSSR count). The van der Waals surface area contributed by atoms with Crippen molar-refractivity contribution in [2.24, 2.45) is 0 Å². The van der Waals surface area contributed by atoms with Gasteiger partial charge in [-0.25, -0.2) is 9.20 Å². The number of carbonyl (C=O) groups is 1. The van der Waals surface area contributed by atoms with Gasteiger partial charge in [0.05, 0.1) is 17.4 Å². The summed E-state index contributed by atoms with van der Waals surface area (Å²) in [4.78, 5) is 12.7. The zero-order valence-corrected chi connectivity index (χ0v) is 13.7. The van der Waals surface area contributed by atoms with Crippen molar-refractivity contribution in [3.05, 3.63) is 71.5 Å². The monoisotopic (exact) mass is 352 g/mol. The first-order chi connectivity index (χ1) is 12.1. The van der Waals surface area contributed by atoms with Crippen molar-refractivity contribution in [3.8, 4) is 5.69 Å². The Hall–Kier alpha value is -3.32. The first-order valence-electron chi connectivity index (χ1n) is 7.47. The quantitative estimate of drug-likeness (QED) is 0.593. The fourth-order valence-corrected chi connectivity index (χ4v) is 2.74. The first-order valence-corrected chi connectivity index (χ1v) is 7.85. The number of nitrogens with two attached hydrogens (primary N) is 1. The number of nitrogens with one attached hydrogen (secondary N) is 1. The Morgan fingerprint density at radius 2 is 1.92 bits per heavy atom. The van der Waals surface area contributed by atoms with E-state index in [0.717, 1.165) is 5.69 Å². The fourth-order valence-electron chi connectivity index (χ4n) is 2.61. The number of carbonyl (C=O) groups excluding carboxylic acids is 1. The van der Waals surface area contributed by atoms with Gasteiger partial charge in [0, 0.05) is 17.3 Å². The molecule has 0 unspecified atom stereocenters. The normalized spacial score (nSPS) is 10.9. The average Bonchev–Trinajstić information content (AvgIpc) is 3.18. The Morgan fingerprint density at radius 1 is 1.12 bits per heavy atom. The van der Waals surface area contributed by atoms with Crippen molar-refractivity contribution < 1.29 is 4.79 Å². The molecule has 1 amide bonds. The molecule has 0 aliphatic heterocycles. The van der Waals surface area contributed by atoms with Gasteiger partial charge >= 0.3 is 0 Å². The molecule has 4 aromatic rings. The van der Waals surface area contributed by atoms with E-state index in [2.05, 4.69) is 15.5 Å². The van der Waals surface area contributed by atoms with Crippen LogP contribution in [0.3, 0.4) is 0 Å². The lowest BCUT2D eigenvalue weighted by molar-refractivity contribution is 0.102. The van der Waals surface area contributed by atoms with Crippen LogP contribution in [0.15, 0.2) is 60.9 Å². The molecule has 124 valence electrons. The van der Waals surface area contributed by atoms with Crippen LogP contribution in [0, 0.1) is 0 Å². The van der Waals surface area contributed by atoms with Crippen molar-refractivity contribution in [2.75, 3.05) is 11.1 Å². The predicted octanol–water partition coefficient (Wildman–Crippen LogP) is 3.01. The van der Waals surface area contributed by atoms with Crippen LogP contribution >= 0.6 is 11.6 Å². The molecule has 3 heterocycles. The summed E-state index contributed by atoms with van der Waals surface area (Å²) in [5.74, 6) is 0.331. The second-order valence-corrected chi connectivity index (χ2v) is 5.79. The number of amides is 1. The van der Waals surface area contributed by atoms with Crippen LogP contribution < -0.4 is 11.1 Å². The third-order valence-electron chi connectivity index (χ3n) is 3.75. The van der Waals surface area contributed by atoms with Gasteiger partial charge in [-0.3, -0.25) is 4.79 Å². The highest BCUT2D eigenvalue weighted by Crippen LogP contribution is 2.21. The van der Waals surface area contributed by atoms with E-state index in [1.807, 2.05) is 24.3 Å². The van der Waals surface area contributed by atoms with Crippen molar-refractivity contribution in [1.29, 1.82) is 0 Å². The Kier molecular flexibility index (Phi) is 3.62. The number of rotatable bonds is 3. The molecule has 0 radical (unpaired) electrons. The summed E-state index contributed by atoms with van der Waals surface area (Å²) in [5.41, 5.74) is 7.65. The summed E-state index contributed by atoms with van der Waals surface area (Å²) in [5, 5.41) is 11.9. The van der Waals surface area contributed by atoms with E-state index in [4.69, 9.17) is 17.3 Å². The topological polar surface area (TPSA) is 90.2 Å². The van der Waals surface area contributed by atoms with Crippen LogP contribution in [0.4, 0.5) is 11.6 Å². The number of pyridine rings is 1. The highest BCUT2D eigenvalue weighted by molar-refractivity contribution is 6.30. The van der Waals surface area contributed by atoms with Gasteiger partial charge in [-0.2, -0.15) is 5.10 Å². The van der Waals surface area contributed by atoms with Crippen LogP contribution in [-0.4, -0.2) is 25.3 Å². The Bertz CT molecular complexity index is 1070. The lowest BCUT2D eigenvalue weighted by Gasteiger charge is -2.09. The third-order valence-corrected chi connectivity index (χ3v) is 4.00. The van der Waals surface area contributed by atoms with Crippen LogP contribution in [0.1, 0.15) is 10.4 Å². The van der Waals surface area contributed by atoms with E-state index in [1.54, 1.807) is 45.9 Å². The minimum absolute atomic E-state index is 0.168. The fraction of sp³-hybridized carbons (Fsp3) is 0. The maximum Gasteiger partial charge on any atom is 0.262 e. The van der Waals surface area contributed by atoms with Crippen molar-refractivity contribution in [3.63, 3.8) is 0 Å². The Balaban J connectivity index is 1.69. The molecule has 7 nitrogen and oxygen atoms in total. The predicted molar refractivity (Wildman–Crippen MR) is 96.1 cm³/mol. The van der Waals surface area contributed by atoms with Gasteiger partial charge < -0.3 is 11.1 Å². The Morgan fingerprint density at radius 3 is 2.72 bits per heavy atom. The van der Waals surface area contributed by atoms with Crippen LogP contribution in [0.2, 0.25) is 5.02 Å². The number of fused-ring (bicyclic) bond motifs is 1. The molecule has 3 N–H and O–H groups in total. The minimum Gasteiger partial charge on any atom is -0.382 e. The van der Waals surface area contributed by atoms with Gasteiger partial charge in [0.2, 0.25) is 0 Å². The van der Waals surface area contributed by atoms with Crippen LogP contribution in [0.25, 0.3) is 11.2 Å². The molecule has 0 saturated carbocycles. The Labute approximate surface area is 147 Å². The van der Waals surface area contributed by atoms with E-state index in [0.29, 0.717) is 21.9 Å². The number of benzene rings is 1. The number of hydrogen-bond donors (Lipinski definition) is 2. The molecule has 0 spiro atoms. The van der Waals surface area contributed by atoms with E-state index in [1.165, 1.54) is 0 Å². The van der Waals surface area contributed by atoms with E-state index in [-0.39, 0.29) is 11.7 Å². The minimum atomic E-state index is -0.352. The number of hydrogen-bond acceptors (Lipinski definition) is 4. The second kappa shape index (κ2) is 5.95. The van der Waals surface area contributed by atoms with Crippen LogP contribution in [-0.2, 0) is 0 Å². The highest BCUT2D eigenvalue weighted by atomic mass is 35.5. The third kappa shape index (κ3) is 2.70. The second-order valence-electron chi connectivity index (χ2n) is 5.35. The lowest BCUT2D eigenvalue weighted by atomic mass is 10.2. The molecule has 0 aliphatic rings. The summed E-state index contributed by atoms with van der Waals surface area (Å²) < 4.78 is 3.18. The summed E-state index contributed by atoms with van der Waals surface area (Å²) in [6, 6.07) is 14.3. The summed E-state index contributed by atoms with van der Waals surface area (Å²) >= 11 is 5.92. The molecule has 0 atom stereocenters. The molecule has 8 heteroatoms. The molecule has 0 saturated heterocycles. The van der Waals surface area contributed by atoms with E-state index in [9.17, 15) is 4.79 Å². The SMILES string of the molecule is Nc1nn2ccccc2c1C(=O)Nc1ccnn1-c1ccc(Cl)cc1. The average molecular weight is 353 g/mol. The lowest BCUT2D eigenvalue weighted by Crippen LogP contribution is -2.16. The number of nitrogen functional groups attached to an aromatic ring is 1. The largest absolute Gasteiger partial charge is 0.382 e. The molecule has 25 heavy (non-hydrogen) atoms. The summed E-state index contributed by atoms with van der Waals surface area (Å²) in [7, 11) is 0. The van der Waals surface area contributed by atoms with Gasteiger partial charge in [-0.1, -0.05) is 17.7 Å². The van der Waals surface area contributed by atoms with Crippen molar-refractivity contribution in [2.45, 2.75) is 0 Å². The molecule has 0 aliphatic carbocycles. The maximum atomic E-state index is 12.7. The molecular formula is C17H13ClN6O. The van der Waals surface area contributed by atoms with Gasteiger partial charge in [0.1, 0.15) is 11.4 Å². The van der Waals surface area contributed by atoms with E-state index < -0.39 is 0 Å². The van der Waals surface area contributed by atoms with Crippen molar-refractivity contribution in [1.82, 2.24) is 19.4 Å². The summed E-state index contributed by atoms with van der Waals surface area (Å²) in [6.07, 6.45) is 3.34. The molecule has 3 aromatic heterocycles. The standard InChI is InChI=1S/C17H13ClN6O/c18-11-4-6-12(7-5-11)24-14(8-9-20-24)21-17(25)15-13-3-1-2-10-23(13)22-16(15)19/h1-10H,(H2,19,22)(H,21,25). The molecule has 1 aromatic carbocycles. The smallest absolute Gasteiger partial charge is 0.262 e. The van der Waals surface area contributed by atoms with Crippen LogP contribution in [0.5, 0.6) is 0 Å². The number of aromatic nitrogens is 4. The van der Waals surface area contributed by atoms with Gasteiger partial charge in [0.15, 0.2) is 5.82 Å². The maximum absolute atomic E-state index is 12.7. The van der Waals surface area contributed by atoms with Gasteiger partial charge in [-0.05, 0) is 36.4 Å². The van der Waals surface area contributed by atoms with Gasteiger partial charge in [-0.15, -0.1) is 5.10 Å². The zero-order valence-electron chi connectivity index (χ0n) is 12.9. The summed E-state index contributed by atoms with van der Waals surface area (Å²) in [6.45, 7) is 0.